The maximum atomic E-state index is 13.3. The van der Waals surface area contributed by atoms with Crippen molar-refractivity contribution in [3.05, 3.63) is 88.2 Å². The lowest BCUT2D eigenvalue weighted by atomic mass is 10.1. The minimum absolute atomic E-state index is 0.0421. The molecule has 0 bridgehead atoms. The van der Waals surface area contributed by atoms with E-state index in [1.807, 2.05) is 62.5 Å². The molecule has 0 spiro atoms. The van der Waals surface area contributed by atoms with Crippen molar-refractivity contribution in [2.24, 2.45) is 0 Å². The van der Waals surface area contributed by atoms with Crippen molar-refractivity contribution in [2.75, 3.05) is 14.2 Å². The second-order valence-electron chi connectivity index (χ2n) is 7.27. The van der Waals surface area contributed by atoms with E-state index in [9.17, 15) is 4.79 Å². The summed E-state index contributed by atoms with van der Waals surface area (Å²) in [5, 5.41) is 0. The number of methoxy groups -OCH3 is 1. The summed E-state index contributed by atoms with van der Waals surface area (Å²) < 4.78 is 7.48. The maximum absolute atomic E-state index is 13.3. The molecule has 4 heteroatoms. The zero-order valence-electron chi connectivity index (χ0n) is 17.3. The molecule has 0 aliphatic rings. The molecule has 3 aromatic rings. The highest BCUT2D eigenvalue weighted by atomic mass is 16.5. The molecule has 0 radical (unpaired) electrons. The highest BCUT2D eigenvalue weighted by Gasteiger charge is 2.23. The predicted molar refractivity (Wildman–Crippen MR) is 113 cm³/mol. The van der Waals surface area contributed by atoms with Crippen molar-refractivity contribution >= 4 is 5.91 Å². The van der Waals surface area contributed by atoms with Gasteiger partial charge >= 0.3 is 0 Å². The smallest absolute Gasteiger partial charge is 0.270 e. The Labute approximate surface area is 167 Å². The summed E-state index contributed by atoms with van der Waals surface area (Å²) in [6.45, 7) is 7.42. The van der Waals surface area contributed by atoms with Gasteiger partial charge in [0.2, 0.25) is 0 Å². The molecule has 2 aromatic carbocycles. The summed E-state index contributed by atoms with van der Waals surface area (Å²) in [4.78, 5) is 15.1. The van der Waals surface area contributed by atoms with E-state index >= 15 is 0 Å². The maximum Gasteiger partial charge on any atom is 0.270 e. The van der Waals surface area contributed by atoms with E-state index in [2.05, 4.69) is 24.5 Å². The van der Waals surface area contributed by atoms with Gasteiger partial charge in [-0.25, -0.2) is 0 Å². The molecule has 1 heterocycles. The van der Waals surface area contributed by atoms with Crippen LogP contribution in [-0.2, 0) is 13.1 Å². The zero-order valence-corrected chi connectivity index (χ0v) is 17.3. The van der Waals surface area contributed by atoms with Crippen LogP contribution in [0.25, 0.3) is 0 Å². The van der Waals surface area contributed by atoms with Gasteiger partial charge in [0.15, 0.2) is 0 Å². The lowest BCUT2D eigenvalue weighted by molar-refractivity contribution is 0.0773. The summed E-state index contributed by atoms with van der Waals surface area (Å²) in [5.41, 5.74) is 6.32. The molecule has 0 unspecified atom stereocenters. The molecule has 0 saturated carbocycles. The van der Waals surface area contributed by atoms with E-state index in [4.69, 9.17) is 4.74 Å². The topological polar surface area (TPSA) is 34.5 Å². The molecule has 3 rings (SSSR count). The average Bonchev–Trinajstić information content (AvgIpc) is 2.92. The standard InChI is InChI=1S/C24H28N2O2/c1-17-18(2)23(24(27)25(4)15-20-10-7-6-8-11-20)26(19(17)3)16-21-12-9-13-22(14-21)28-5/h6-14H,15-16H2,1-5H3. The van der Waals surface area contributed by atoms with E-state index in [0.717, 1.165) is 33.8 Å². The molecule has 1 amide bonds. The highest BCUT2D eigenvalue weighted by molar-refractivity contribution is 5.94. The van der Waals surface area contributed by atoms with Crippen LogP contribution in [0.2, 0.25) is 0 Å². The van der Waals surface area contributed by atoms with Crippen molar-refractivity contribution in [3.63, 3.8) is 0 Å². The predicted octanol–water partition coefficient (Wildman–Crippen LogP) is 4.74. The van der Waals surface area contributed by atoms with Crippen molar-refractivity contribution < 1.29 is 9.53 Å². The van der Waals surface area contributed by atoms with Gasteiger partial charge in [0.05, 0.1) is 7.11 Å². The molecule has 0 fully saturated rings. The Bertz CT molecular complexity index is 974. The normalized spacial score (nSPS) is 10.8. The first-order chi connectivity index (χ1) is 13.4. The van der Waals surface area contributed by atoms with Gasteiger partial charge in [0.1, 0.15) is 11.4 Å². The van der Waals surface area contributed by atoms with E-state index < -0.39 is 0 Å². The molecule has 0 N–H and O–H groups in total. The van der Waals surface area contributed by atoms with Crippen molar-refractivity contribution in [1.82, 2.24) is 9.47 Å². The minimum atomic E-state index is 0.0421. The van der Waals surface area contributed by atoms with Gasteiger partial charge in [-0.2, -0.15) is 0 Å². The van der Waals surface area contributed by atoms with Crippen LogP contribution >= 0.6 is 0 Å². The van der Waals surface area contributed by atoms with E-state index in [1.165, 1.54) is 5.56 Å². The molecule has 146 valence electrons. The molecule has 4 nitrogen and oxygen atoms in total. The molecule has 28 heavy (non-hydrogen) atoms. The summed E-state index contributed by atoms with van der Waals surface area (Å²) >= 11 is 0. The Morgan fingerprint density at radius 1 is 0.964 bits per heavy atom. The molecule has 0 atom stereocenters. The number of hydrogen-bond acceptors (Lipinski definition) is 2. The quantitative estimate of drug-likeness (QED) is 0.623. The third-order valence-corrected chi connectivity index (χ3v) is 5.42. The molecular weight excluding hydrogens is 348 g/mol. The SMILES string of the molecule is COc1cccc(Cn2c(C)c(C)c(C)c2C(=O)N(C)Cc2ccccc2)c1. The van der Waals surface area contributed by atoms with Crippen LogP contribution in [0.4, 0.5) is 0 Å². The Kier molecular flexibility index (Phi) is 5.88. The van der Waals surface area contributed by atoms with Crippen LogP contribution in [0.1, 0.15) is 38.4 Å². The van der Waals surface area contributed by atoms with Crippen LogP contribution in [-0.4, -0.2) is 29.5 Å². The number of hydrogen-bond donors (Lipinski definition) is 0. The monoisotopic (exact) mass is 376 g/mol. The summed E-state index contributed by atoms with van der Waals surface area (Å²) in [6, 6.07) is 18.1. The first kappa shape index (κ1) is 19.7. The number of nitrogens with zero attached hydrogens (tertiary/aromatic N) is 2. The Morgan fingerprint density at radius 3 is 2.32 bits per heavy atom. The number of carbonyl (C=O) groups excluding carboxylic acids is 1. The number of rotatable bonds is 6. The number of aromatic nitrogens is 1. The first-order valence-corrected chi connectivity index (χ1v) is 9.51. The van der Waals surface area contributed by atoms with E-state index in [0.29, 0.717) is 13.1 Å². The van der Waals surface area contributed by atoms with E-state index in [-0.39, 0.29) is 5.91 Å². The van der Waals surface area contributed by atoms with Crippen LogP contribution < -0.4 is 4.74 Å². The molecule has 0 aliphatic heterocycles. The first-order valence-electron chi connectivity index (χ1n) is 9.51. The Morgan fingerprint density at radius 2 is 1.64 bits per heavy atom. The largest absolute Gasteiger partial charge is 0.497 e. The number of ether oxygens (including phenoxy) is 1. The van der Waals surface area contributed by atoms with Crippen molar-refractivity contribution in [3.8, 4) is 5.75 Å². The van der Waals surface area contributed by atoms with Crippen LogP contribution in [0, 0.1) is 20.8 Å². The third kappa shape index (κ3) is 3.96. The van der Waals surface area contributed by atoms with Crippen molar-refractivity contribution in [2.45, 2.75) is 33.9 Å². The van der Waals surface area contributed by atoms with Gasteiger partial charge in [0, 0.05) is 25.8 Å². The summed E-state index contributed by atoms with van der Waals surface area (Å²) in [7, 11) is 3.53. The molecular formula is C24H28N2O2. The lowest BCUT2D eigenvalue weighted by Crippen LogP contribution is -2.29. The van der Waals surface area contributed by atoms with E-state index in [1.54, 1.807) is 12.0 Å². The van der Waals surface area contributed by atoms with Crippen LogP contribution in [0.15, 0.2) is 54.6 Å². The van der Waals surface area contributed by atoms with Gasteiger partial charge in [-0.05, 0) is 55.2 Å². The number of carbonyl (C=O) groups is 1. The van der Waals surface area contributed by atoms with Gasteiger partial charge in [0.25, 0.3) is 5.91 Å². The second kappa shape index (κ2) is 8.34. The van der Waals surface area contributed by atoms with Gasteiger partial charge < -0.3 is 14.2 Å². The van der Waals surface area contributed by atoms with Gasteiger partial charge in [-0.3, -0.25) is 4.79 Å². The van der Waals surface area contributed by atoms with Crippen molar-refractivity contribution in [1.29, 1.82) is 0 Å². The molecule has 1 aromatic heterocycles. The third-order valence-electron chi connectivity index (χ3n) is 5.42. The Balaban J connectivity index is 1.93. The average molecular weight is 377 g/mol. The van der Waals surface area contributed by atoms with Crippen LogP contribution in [0.5, 0.6) is 5.75 Å². The Hall–Kier alpha value is -3.01. The highest BCUT2D eigenvalue weighted by Crippen LogP contribution is 2.25. The second-order valence-corrected chi connectivity index (χ2v) is 7.27. The zero-order chi connectivity index (χ0) is 20.3. The lowest BCUT2D eigenvalue weighted by Gasteiger charge is -2.20. The fourth-order valence-electron chi connectivity index (χ4n) is 3.56. The fraction of sp³-hybridized carbons (Fsp3) is 0.292. The molecule has 0 aliphatic carbocycles. The summed E-state index contributed by atoms with van der Waals surface area (Å²) in [5.74, 6) is 0.866. The minimum Gasteiger partial charge on any atom is -0.497 e. The molecule has 0 saturated heterocycles. The number of benzene rings is 2. The van der Waals surface area contributed by atoms with Gasteiger partial charge in [-0.1, -0.05) is 42.5 Å². The fourth-order valence-corrected chi connectivity index (χ4v) is 3.56. The summed E-state index contributed by atoms with van der Waals surface area (Å²) in [6.07, 6.45) is 0. The van der Waals surface area contributed by atoms with Gasteiger partial charge in [-0.15, -0.1) is 0 Å². The number of amides is 1. The van der Waals surface area contributed by atoms with Crippen LogP contribution in [0.3, 0.4) is 0 Å².